The third-order valence-electron chi connectivity index (χ3n) is 4.02. The first-order valence-electron chi connectivity index (χ1n) is 8.20. The van der Waals surface area contributed by atoms with Crippen molar-refractivity contribution in [2.24, 2.45) is 10.2 Å². The van der Waals surface area contributed by atoms with Crippen LogP contribution in [0.3, 0.4) is 0 Å². The quantitative estimate of drug-likeness (QED) is 0.667. The van der Waals surface area contributed by atoms with Crippen molar-refractivity contribution in [2.75, 3.05) is 0 Å². The topological polar surface area (TPSA) is 104 Å². The Labute approximate surface area is 153 Å². The van der Waals surface area contributed by atoms with Crippen molar-refractivity contribution in [3.05, 3.63) is 45.7 Å². The van der Waals surface area contributed by atoms with Crippen LogP contribution in [-0.4, -0.2) is 14.7 Å². The minimum Gasteiger partial charge on any atom is -0.493 e. The fourth-order valence-corrected chi connectivity index (χ4v) is 3.36. The van der Waals surface area contributed by atoms with Crippen LogP contribution in [0, 0.1) is 18.3 Å². The van der Waals surface area contributed by atoms with E-state index in [9.17, 15) is 15.2 Å². The molecule has 0 saturated carbocycles. The molecule has 0 fully saturated rings. The second kappa shape index (κ2) is 7.45. The van der Waals surface area contributed by atoms with E-state index in [1.54, 1.807) is 6.92 Å². The van der Waals surface area contributed by atoms with E-state index in [0.717, 1.165) is 16.6 Å². The van der Waals surface area contributed by atoms with Crippen LogP contribution in [0.1, 0.15) is 30.9 Å². The zero-order valence-electron chi connectivity index (χ0n) is 14.4. The summed E-state index contributed by atoms with van der Waals surface area (Å²) in [6.45, 7) is 3.88. The van der Waals surface area contributed by atoms with Gasteiger partial charge in [-0.1, -0.05) is 36.8 Å². The van der Waals surface area contributed by atoms with Gasteiger partial charge in [0.2, 0.25) is 11.0 Å². The zero-order chi connectivity index (χ0) is 18.7. The summed E-state index contributed by atoms with van der Waals surface area (Å²) in [7, 11) is 0. The van der Waals surface area contributed by atoms with Crippen LogP contribution < -0.4 is 5.56 Å². The van der Waals surface area contributed by atoms with Gasteiger partial charge in [0.15, 0.2) is 5.69 Å². The molecule has 0 unspecified atom stereocenters. The maximum absolute atomic E-state index is 12.7. The van der Waals surface area contributed by atoms with E-state index in [2.05, 4.69) is 15.2 Å². The number of unbranched alkanes of at least 4 members (excludes halogenated alkanes) is 1. The molecule has 3 aromatic rings. The van der Waals surface area contributed by atoms with Gasteiger partial charge < -0.3 is 5.11 Å². The van der Waals surface area contributed by atoms with E-state index in [1.165, 1.54) is 15.9 Å². The Hall–Kier alpha value is -3.05. The molecule has 0 radical (unpaired) electrons. The number of fused-ring (bicyclic) bond motifs is 1. The smallest absolute Gasteiger partial charge is 0.281 e. The standard InChI is InChI=1S/C18H17N5O2S/c1-3-4-9-23-16(24)12(10-19)11(2)15(17(23)25)21-22-18-20-13-7-5-6-8-14(13)26-18/h5-8,24H,3-4,9H2,1-2H3. The lowest BCUT2D eigenvalue weighted by Crippen LogP contribution is -2.22. The van der Waals surface area contributed by atoms with Crippen LogP contribution >= 0.6 is 11.3 Å². The van der Waals surface area contributed by atoms with Crippen LogP contribution in [0.4, 0.5) is 10.8 Å². The summed E-state index contributed by atoms with van der Waals surface area (Å²) in [6, 6.07) is 9.56. The summed E-state index contributed by atoms with van der Waals surface area (Å²) >= 11 is 1.36. The summed E-state index contributed by atoms with van der Waals surface area (Å²) in [4.78, 5) is 17.1. The first kappa shape index (κ1) is 17.8. The molecule has 1 aromatic carbocycles. The Morgan fingerprint density at radius 2 is 2.12 bits per heavy atom. The van der Waals surface area contributed by atoms with Crippen molar-refractivity contribution in [2.45, 2.75) is 33.2 Å². The second-order valence-corrected chi connectivity index (χ2v) is 6.77. The molecule has 0 spiro atoms. The van der Waals surface area contributed by atoms with Crippen molar-refractivity contribution in [3.63, 3.8) is 0 Å². The van der Waals surface area contributed by atoms with Gasteiger partial charge in [-0.2, -0.15) is 5.26 Å². The van der Waals surface area contributed by atoms with Crippen LogP contribution in [0.15, 0.2) is 39.3 Å². The van der Waals surface area contributed by atoms with E-state index in [0.29, 0.717) is 23.7 Å². The maximum atomic E-state index is 12.7. The number of para-hydroxylation sites is 1. The number of hydrogen-bond acceptors (Lipinski definition) is 7. The molecule has 0 aliphatic rings. The lowest BCUT2D eigenvalue weighted by molar-refractivity contribution is 0.399. The number of hydrogen-bond donors (Lipinski definition) is 1. The molecular weight excluding hydrogens is 350 g/mol. The Morgan fingerprint density at radius 1 is 1.35 bits per heavy atom. The third-order valence-corrected chi connectivity index (χ3v) is 4.94. The Kier molecular flexibility index (Phi) is 5.09. The Balaban J connectivity index is 2.08. The Morgan fingerprint density at radius 3 is 2.81 bits per heavy atom. The second-order valence-electron chi connectivity index (χ2n) is 5.76. The summed E-state index contributed by atoms with van der Waals surface area (Å²) < 4.78 is 2.16. The Bertz CT molecular complexity index is 1060. The number of aromatic hydroxyl groups is 1. The predicted molar refractivity (Wildman–Crippen MR) is 101 cm³/mol. The minimum atomic E-state index is -0.461. The zero-order valence-corrected chi connectivity index (χ0v) is 15.2. The number of nitrogens with zero attached hydrogens (tertiary/aromatic N) is 5. The number of azo groups is 1. The van der Waals surface area contributed by atoms with Crippen LogP contribution in [0.25, 0.3) is 10.2 Å². The molecule has 3 rings (SSSR count). The lowest BCUT2D eigenvalue weighted by atomic mass is 10.1. The number of nitriles is 1. The largest absolute Gasteiger partial charge is 0.493 e. The molecule has 2 aromatic heterocycles. The van der Waals surface area contributed by atoms with Gasteiger partial charge in [0.05, 0.1) is 10.2 Å². The molecule has 0 bridgehead atoms. The highest BCUT2D eigenvalue weighted by Crippen LogP contribution is 2.30. The molecule has 0 amide bonds. The first-order valence-corrected chi connectivity index (χ1v) is 9.02. The molecule has 2 heterocycles. The number of pyridine rings is 1. The molecule has 1 N–H and O–H groups in total. The van der Waals surface area contributed by atoms with Crippen molar-refractivity contribution < 1.29 is 5.11 Å². The number of thiazole rings is 1. The van der Waals surface area contributed by atoms with Crippen LogP contribution in [-0.2, 0) is 6.54 Å². The highest BCUT2D eigenvalue weighted by Gasteiger charge is 2.19. The van der Waals surface area contributed by atoms with Gasteiger partial charge in [-0.25, -0.2) is 4.98 Å². The summed E-state index contributed by atoms with van der Waals surface area (Å²) in [5.41, 5.74) is 0.755. The monoisotopic (exact) mass is 367 g/mol. The van der Waals surface area contributed by atoms with Crippen LogP contribution in [0.2, 0.25) is 0 Å². The summed E-state index contributed by atoms with van der Waals surface area (Å²) in [6.07, 6.45) is 1.56. The van der Waals surface area contributed by atoms with Gasteiger partial charge in [0.1, 0.15) is 11.6 Å². The molecule has 132 valence electrons. The van der Waals surface area contributed by atoms with E-state index < -0.39 is 5.56 Å². The van der Waals surface area contributed by atoms with Crippen LogP contribution in [0.5, 0.6) is 5.88 Å². The van der Waals surface area contributed by atoms with E-state index >= 15 is 0 Å². The minimum absolute atomic E-state index is 0.0407. The number of aromatic nitrogens is 2. The van der Waals surface area contributed by atoms with Crippen molar-refractivity contribution in [1.82, 2.24) is 9.55 Å². The van der Waals surface area contributed by atoms with Crippen molar-refractivity contribution in [3.8, 4) is 11.9 Å². The molecule has 7 nitrogen and oxygen atoms in total. The highest BCUT2D eigenvalue weighted by atomic mass is 32.1. The van der Waals surface area contributed by atoms with Gasteiger partial charge in [-0.15, -0.1) is 10.2 Å². The maximum Gasteiger partial charge on any atom is 0.281 e. The van der Waals surface area contributed by atoms with Crippen molar-refractivity contribution >= 4 is 32.4 Å². The van der Waals surface area contributed by atoms with E-state index in [4.69, 9.17) is 0 Å². The molecule has 0 saturated heterocycles. The first-order chi connectivity index (χ1) is 12.6. The molecule has 8 heteroatoms. The molecule has 0 aliphatic carbocycles. The van der Waals surface area contributed by atoms with Gasteiger partial charge in [0.25, 0.3) is 5.56 Å². The van der Waals surface area contributed by atoms with Gasteiger partial charge >= 0.3 is 0 Å². The molecule has 0 aliphatic heterocycles. The molecular formula is C18H17N5O2S. The third kappa shape index (κ3) is 3.21. The average molecular weight is 367 g/mol. The van der Waals surface area contributed by atoms with E-state index in [1.807, 2.05) is 37.3 Å². The summed E-state index contributed by atoms with van der Waals surface area (Å²) in [5.74, 6) is -0.317. The van der Waals surface area contributed by atoms with Gasteiger partial charge in [-0.05, 0) is 25.5 Å². The van der Waals surface area contributed by atoms with Gasteiger partial charge in [0, 0.05) is 12.1 Å². The molecule has 26 heavy (non-hydrogen) atoms. The highest BCUT2D eigenvalue weighted by molar-refractivity contribution is 7.21. The van der Waals surface area contributed by atoms with E-state index in [-0.39, 0.29) is 17.1 Å². The fourth-order valence-electron chi connectivity index (χ4n) is 2.58. The SMILES string of the molecule is CCCCn1c(O)c(C#N)c(C)c(N=Nc2nc3ccccc3s2)c1=O. The lowest BCUT2D eigenvalue weighted by Gasteiger charge is -2.12. The normalized spacial score (nSPS) is 11.3. The predicted octanol–water partition coefficient (Wildman–Crippen LogP) is 4.56. The van der Waals surface area contributed by atoms with Crippen molar-refractivity contribution in [1.29, 1.82) is 5.26 Å². The van der Waals surface area contributed by atoms with Gasteiger partial charge in [-0.3, -0.25) is 9.36 Å². The number of rotatable bonds is 5. The summed E-state index contributed by atoms with van der Waals surface area (Å²) in [5, 5.41) is 28.2. The average Bonchev–Trinajstić information content (AvgIpc) is 3.05. The fraction of sp³-hybridized carbons (Fsp3) is 0.278. The molecule has 0 atom stereocenters. The number of benzene rings is 1.